The van der Waals surface area contributed by atoms with E-state index in [0.29, 0.717) is 0 Å². The Kier molecular flexibility index (Phi) is 2.92. The Balaban J connectivity index is 3.45. The van der Waals surface area contributed by atoms with Gasteiger partial charge < -0.3 is 4.90 Å². The summed E-state index contributed by atoms with van der Waals surface area (Å²) in [5.41, 5.74) is 0. The first-order valence-electron chi connectivity index (χ1n) is 2.16. The van der Waals surface area contributed by atoms with Crippen molar-refractivity contribution in [2.75, 3.05) is 14.1 Å². The summed E-state index contributed by atoms with van der Waals surface area (Å²) in [7, 11) is 3.94. The van der Waals surface area contributed by atoms with Crippen LogP contribution in [0.4, 0.5) is 0 Å². The highest BCUT2D eigenvalue weighted by Gasteiger charge is 1.76. The molecule has 0 heterocycles. The molecule has 0 aromatic heterocycles. The zero-order valence-corrected chi connectivity index (χ0v) is 5.87. The summed E-state index contributed by atoms with van der Waals surface area (Å²) < 4.78 is 0. The monoisotopic (exact) mass is 117 g/mol. The Hall–Kier alpha value is -0.110. The molecular formula is C5H11NS. The van der Waals surface area contributed by atoms with Crippen molar-refractivity contribution in [3.8, 4) is 0 Å². The van der Waals surface area contributed by atoms with Gasteiger partial charge in [0.1, 0.15) is 0 Å². The molecule has 0 aromatic rings. The maximum absolute atomic E-state index is 4.06. The number of hydrogen-bond acceptors (Lipinski definition) is 2. The predicted octanol–water partition coefficient (Wildman–Crippen LogP) is 1.34. The number of nitrogens with zero attached hydrogens (tertiary/aromatic N) is 1. The fraction of sp³-hybridized carbons (Fsp3) is 0.600. The SMILES string of the molecule is C/C(S)=C/N(C)C. The highest BCUT2D eigenvalue weighted by Crippen LogP contribution is 1.95. The Morgan fingerprint density at radius 1 is 1.57 bits per heavy atom. The molecule has 0 unspecified atom stereocenters. The minimum Gasteiger partial charge on any atom is -0.383 e. The third-order valence-electron chi connectivity index (χ3n) is 0.445. The average molecular weight is 117 g/mol. The van der Waals surface area contributed by atoms with Gasteiger partial charge in [0.25, 0.3) is 0 Å². The molecule has 0 saturated carbocycles. The molecule has 0 bridgehead atoms. The highest BCUT2D eigenvalue weighted by atomic mass is 32.1. The number of rotatable bonds is 1. The summed E-state index contributed by atoms with van der Waals surface area (Å²) in [5.74, 6) is 0. The Morgan fingerprint density at radius 3 is 2.00 bits per heavy atom. The normalized spacial score (nSPS) is 11.7. The topological polar surface area (TPSA) is 3.24 Å². The van der Waals surface area contributed by atoms with Crippen LogP contribution in [-0.4, -0.2) is 19.0 Å². The van der Waals surface area contributed by atoms with Crippen LogP contribution in [0.2, 0.25) is 0 Å². The van der Waals surface area contributed by atoms with Gasteiger partial charge in [-0.3, -0.25) is 0 Å². The summed E-state index contributed by atoms with van der Waals surface area (Å²) >= 11 is 4.06. The van der Waals surface area contributed by atoms with Gasteiger partial charge in [-0.15, -0.1) is 12.6 Å². The first-order valence-corrected chi connectivity index (χ1v) is 2.61. The van der Waals surface area contributed by atoms with Crippen molar-refractivity contribution in [3.05, 3.63) is 11.1 Å². The molecule has 0 aromatic carbocycles. The van der Waals surface area contributed by atoms with Gasteiger partial charge in [0, 0.05) is 20.3 Å². The highest BCUT2D eigenvalue weighted by molar-refractivity contribution is 7.84. The Morgan fingerprint density at radius 2 is 2.00 bits per heavy atom. The largest absolute Gasteiger partial charge is 0.383 e. The summed E-state index contributed by atoms with van der Waals surface area (Å²) in [6.07, 6.45) is 1.95. The van der Waals surface area contributed by atoms with Gasteiger partial charge in [-0.05, 0) is 11.8 Å². The van der Waals surface area contributed by atoms with Gasteiger partial charge >= 0.3 is 0 Å². The van der Waals surface area contributed by atoms with E-state index in [-0.39, 0.29) is 0 Å². The molecule has 0 aliphatic heterocycles. The Labute approximate surface area is 50.4 Å². The van der Waals surface area contributed by atoms with Crippen molar-refractivity contribution in [1.29, 1.82) is 0 Å². The van der Waals surface area contributed by atoms with Crippen molar-refractivity contribution in [2.24, 2.45) is 0 Å². The minimum absolute atomic E-state index is 1.03. The van der Waals surface area contributed by atoms with Gasteiger partial charge in [-0.25, -0.2) is 0 Å². The minimum atomic E-state index is 1.03. The van der Waals surface area contributed by atoms with E-state index in [9.17, 15) is 0 Å². The molecule has 2 heteroatoms. The summed E-state index contributed by atoms with van der Waals surface area (Å²) in [6, 6.07) is 0. The van der Waals surface area contributed by atoms with Crippen molar-refractivity contribution in [1.82, 2.24) is 4.90 Å². The molecule has 0 N–H and O–H groups in total. The van der Waals surface area contributed by atoms with Crippen molar-refractivity contribution >= 4 is 12.6 Å². The molecule has 0 radical (unpaired) electrons. The zero-order chi connectivity index (χ0) is 5.86. The lowest BCUT2D eigenvalue weighted by Crippen LogP contribution is -2.00. The molecule has 0 rings (SSSR count). The van der Waals surface area contributed by atoms with Crippen molar-refractivity contribution in [3.63, 3.8) is 0 Å². The second-order valence-corrected chi connectivity index (χ2v) is 2.44. The van der Waals surface area contributed by atoms with Crippen LogP contribution >= 0.6 is 12.6 Å². The van der Waals surface area contributed by atoms with Gasteiger partial charge in [0.15, 0.2) is 0 Å². The molecule has 7 heavy (non-hydrogen) atoms. The van der Waals surface area contributed by atoms with Crippen LogP contribution < -0.4 is 0 Å². The molecule has 0 spiro atoms. The van der Waals surface area contributed by atoms with E-state index in [1.54, 1.807) is 0 Å². The third-order valence-corrected chi connectivity index (χ3v) is 0.561. The van der Waals surface area contributed by atoms with Gasteiger partial charge in [0.05, 0.1) is 0 Å². The van der Waals surface area contributed by atoms with Crippen LogP contribution in [0.15, 0.2) is 11.1 Å². The molecule has 0 saturated heterocycles. The maximum atomic E-state index is 4.06. The summed E-state index contributed by atoms with van der Waals surface area (Å²) in [6.45, 7) is 1.95. The number of hydrogen-bond donors (Lipinski definition) is 1. The summed E-state index contributed by atoms with van der Waals surface area (Å²) in [5, 5.41) is 0. The lowest BCUT2D eigenvalue weighted by Gasteiger charge is -2.02. The van der Waals surface area contributed by atoms with Gasteiger partial charge in [-0.2, -0.15) is 0 Å². The smallest absolute Gasteiger partial charge is 0.00762 e. The van der Waals surface area contributed by atoms with E-state index in [2.05, 4.69) is 12.6 Å². The fourth-order valence-corrected chi connectivity index (χ4v) is 0.605. The van der Waals surface area contributed by atoms with Crippen molar-refractivity contribution < 1.29 is 0 Å². The van der Waals surface area contributed by atoms with Crippen LogP contribution in [0.1, 0.15) is 6.92 Å². The first kappa shape index (κ1) is 6.89. The van der Waals surface area contributed by atoms with Crippen LogP contribution in [0.25, 0.3) is 0 Å². The van der Waals surface area contributed by atoms with Crippen LogP contribution in [-0.2, 0) is 0 Å². The molecule has 0 atom stereocenters. The van der Waals surface area contributed by atoms with E-state index in [4.69, 9.17) is 0 Å². The fourth-order valence-electron chi connectivity index (χ4n) is 0.374. The third kappa shape index (κ3) is 5.89. The van der Waals surface area contributed by atoms with E-state index < -0.39 is 0 Å². The Bertz CT molecular complexity index is 72.1. The molecule has 1 nitrogen and oxygen atoms in total. The van der Waals surface area contributed by atoms with Crippen LogP contribution in [0, 0.1) is 0 Å². The van der Waals surface area contributed by atoms with Crippen LogP contribution in [0.5, 0.6) is 0 Å². The molecule has 0 aliphatic carbocycles. The maximum Gasteiger partial charge on any atom is 0.00762 e. The summed E-state index contributed by atoms with van der Waals surface area (Å²) in [4.78, 5) is 2.99. The predicted molar refractivity (Wildman–Crippen MR) is 36.4 cm³/mol. The van der Waals surface area contributed by atoms with E-state index in [1.165, 1.54) is 0 Å². The molecule has 0 aliphatic rings. The standard InChI is InChI=1S/C5H11NS/c1-5(7)4-6(2)3/h4,7H,1-3H3/b5-4-. The zero-order valence-electron chi connectivity index (χ0n) is 4.97. The first-order chi connectivity index (χ1) is 3.13. The average Bonchev–Trinajstić information content (AvgIpc) is 1.27. The van der Waals surface area contributed by atoms with E-state index >= 15 is 0 Å². The number of thiol groups is 1. The lowest BCUT2D eigenvalue weighted by atomic mass is 10.6. The molecule has 0 amide bonds. The second kappa shape index (κ2) is 2.97. The molecule has 42 valence electrons. The van der Waals surface area contributed by atoms with Gasteiger partial charge in [-0.1, -0.05) is 0 Å². The van der Waals surface area contributed by atoms with Crippen LogP contribution in [0.3, 0.4) is 0 Å². The van der Waals surface area contributed by atoms with E-state index in [1.807, 2.05) is 32.1 Å². The number of allylic oxidation sites excluding steroid dienone is 1. The van der Waals surface area contributed by atoms with E-state index in [0.717, 1.165) is 4.91 Å². The molecular weight excluding hydrogens is 106 g/mol. The van der Waals surface area contributed by atoms with Crippen molar-refractivity contribution in [2.45, 2.75) is 6.92 Å². The quantitative estimate of drug-likeness (QED) is 0.507. The lowest BCUT2D eigenvalue weighted by molar-refractivity contribution is 0.562. The van der Waals surface area contributed by atoms with Gasteiger partial charge in [0.2, 0.25) is 0 Å². The second-order valence-electron chi connectivity index (χ2n) is 1.73. The molecule has 0 fully saturated rings.